The lowest BCUT2D eigenvalue weighted by atomic mass is 10.1. The first-order valence-corrected chi connectivity index (χ1v) is 4.99. The van der Waals surface area contributed by atoms with Gasteiger partial charge in [-0.05, 0) is 6.42 Å². The second-order valence-corrected chi connectivity index (χ2v) is 3.78. The number of nitrogens with zero attached hydrogens (tertiary/aromatic N) is 2. The van der Waals surface area contributed by atoms with E-state index in [9.17, 15) is 4.79 Å². The molecule has 2 heterocycles. The van der Waals surface area contributed by atoms with E-state index in [-0.39, 0.29) is 11.5 Å². The highest BCUT2D eigenvalue weighted by Crippen LogP contribution is 2.24. The number of fused-ring (bicyclic) bond motifs is 1. The van der Waals surface area contributed by atoms with Crippen LogP contribution in [0.4, 0.5) is 17.5 Å². The maximum absolute atomic E-state index is 11.6. The fourth-order valence-corrected chi connectivity index (χ4v) is 1.83. The minimum absolute atomic E-state index is 0.149. The van der Waals surface area contributed by atoms with Gasteiger partial charge in [-0.15, -0.1) is 0 Å². The highest BCUT2D eigenvalue weighted by atomic mass is 16.1. The maximum atomic E-state index is 11.6. The van der Waals surface area contributed by atoms with E-state index in [1.165, 1.54) is 0 Å². The van der Waals surface area contributed by atoms with Crippen molar-refractivity contribution in [3.8, 4) is 0 Å². The summed E-state index contributed by atoms with van der Waals surface area (Å²) in [7, 11) is 1.88. The van der Waals surface area contributed by atoms with Gasteiger partial charge in [0.1, 0.15) is 5.69 Å². The normalized spacial score (nSPS) is 19.6. The number of likely N-dealkylation sites (N-methyl/N-ethyl adjacent to an activating group) is 1. The molecule has 82 valence electrons. The SMILES string of the molecule is CCC1CN(C)c2c(nc(N)[nH]c2=O)N1. The van der Waals surface area contributed by atoms with Crippen molar-refractivity contribution in [2.75, 3.05) is 29.5 Å². The Morgan fingerprint density at radius 3 is 3.07 bits per heavy atom. The number of rotatable bonds is 1. The molecule has 0 saturated heterocycles. The van der Waals surface area contributed by atoms with Crippen molar-refractivity contribution in [1.29, 1.82) is 0 Å². The summed E-state index contributed by atoms with van der Waals surface area (Å²) in [4.78, 5) is 20.1. The van der Waals surface area contributed by atoms with E-state index in [4.69, 9.17) is 5.73 Å². The first-order valence-electron chi connectivity index (χ1n) is 4.99. The molecule has 0 radical (unpaired) electrons. The van der Waals surface area contributed by atoms with Gasteiger partial charge in [-0.1, -0.05) is 6.92 Å². The molecular formula is C9H15N5O. The lowest BCUT2D eigenvalue weighted by Gasteiger charge is -2.32. The smallest absolute Gasteiger partial charge is 0.278 e. The van der Waals surface area contributed by atoms with E-state index in [0.29, 0.717) is 17.5 Å². The van der Waals surface area contributed by atoms with Gasteiger partial charge in [0.2, 0.25) is 5.95 Å². The molecule has 4 N–H and O–H groups in total. The van der Waals surface area contributed by atoms with Crippen molar-refractivity contribution in [2.24, 2.45) is 0 Å². The molecule has 0 aromatic carbocycles. The van der Waals surface area contributed by atoms with Gasteiger partial charge >= 0.3 is 0 Å². The molecule has 0 fully saturated rings. The molecule has 1 unspecified atom stereocenters. The Morgan fingerprint density at radius 2 is 2.40 bits per heavy atom. The lowest BCUT2D eigenvalue weighted by molar-refractivity contribution is 0.654. The zero-order valence-electron chi connectivity index (χ0n) is 8.87. The van der Waals surface area contributed by atoms with E-state index in [2.05, 4.69) is 22.2 Å². The van der Waals surface area contributed by atoms with Crippen LogP contribution in [0.25, 0.3) is 0 Å². The van der Waals surface area contributed by atoms with Crippen LogP contribution in [0.3, 0.4) is 0 Å². The predicted molar refractivity (Wildman–Crippen MR) is 60.2 cm³/mol. The number of aromatic nitrogens is 2. The van der Waals surface area contributed by atoms with Crippen LogP contribution in [-0.4, -0.2) is 29.6 Å². The summed E-state index contributed by atoms with van der Waals surface area (Å²) in [5, 5.41) is 3.21. The summed E-state index contributed by atoms with van der Waals surface area (Å²) >= 11 is 0. The third-order valence-electron chi connectivity index (χ3n) is 2.62. The van der Waals surface area contributed by atoms with E-state index in [0.717, 1.165) is 13.0 Å². The van der Waals surface area contributed by atoms with Crippen molar-refractivity contribution < 1.29 is 0 Å². The molecule has 0 aliphatic carbocycles. The Kier molecular flexibility index (Phi) is 2.26. The lowest BCUT2D eigenvalue weighted by Crippen LogP contribution is -2.42. The van der Waals surface area contributed by atoms with Crippen LogP contribution in [0.5, 0.6) is 0 Å². The van der Waals surface area contributed by atoms with Crippen LogP contribution in [0, 0.1) is 0 Å². The van der Waals surface area contributed by atoms with Crippen molar-refractivity contribution in [3.63, 3.8) is 0 Å². The average Bonchev–Trinajstić information content (AvgIpc) is 2.15. The van der Waals surface area contributed by atoms with Gasteiger partial charge < -0.3 is 16.0 Å². The molecular weight excluding hydrogens is 194 g/mol. The number of nitrogens with two attached hydrogens (primary N) is 1. The first kappa shape index (κ1) is 9.82. The number of nitrogen functional groups attached to an aromatic ring is 1. The minimum Gasteiger partial charge on any atom is -0.369 e. The number of anilines is 3. The Bertz CT molecular complexity index is 427. The van der Waals surface area contributed by atoms with Crippen molar-refractivity contribution in [1.82, 2.24) is 9.97 Å². The zero-order chi connectivity index (χ0) is 11.0. The summed E-state index contributed by atoms with van der Waals surface area (Å²) in [5.74, 6) is 0.730. The monoisotopic (exact) mass is 209 g/mol. The van der Waals surface area contributed by atoms with Crippen LogP contribution in [0.2, 0.25) is 0 Å². The van der Waals surface area contributed by atoms with Crippen LogP contribution in [0.1, 0.15) is 13.3 Å². The molecule has 0 amide bonds. The number of nitrogens with one attached hydrogen (secondary N) is 2. The van der Waals surface area contributed by atoms with Crippen molar-refractivity contribution >= 4 is 17.5 Å². The van der Waals surface area contributed by atoms with Gasteiger partial charge in [0.15, 0.2) is 5.82 Å². The third-order valence-corrected chi connectivity index (χ3v) is 2.62. The Labute approximate surface area is 87.5 Å². The first-order chi connectivity index (χ1) is 7.11. The second-order valence-electron chi connectivity index (χ2n) is 3.78. The number of hydrogen-bond donors (Lipinski definition) is 3. The van der Waals surface area contributed by atoms with E-state index in [1.807, 2.05) is 11.9 Å². The second kappa shape index (κ2) is 3.45. The molecule has 1 aliphatic heterocycles. The molecule has 1 aliphatic rings. The third kappa shape index (κ3) is 1.62. The van der Waals surface area contributed by atoms with Gasteiger partial charge in [-0.2, -0.15) is 4.98 Å². The van der Waals surface area contributed by atoms with Crippen molar-refractivity contribution in [3.05, 3.63) is 10.4 Å². The number of H-pyrrole nitrogens is 1. The van der Waals surface area contributed by atoms with Crippen LogP contribution < -0.4 is 21.5 Å². The van der Waals surface area contributed by atoms with Crippen LogP contribution in [-0.2, 0) is 0 Å². The summed E-state index contributed by atoms with van der Waals surface area (Å²) in [5.41, 5.74) is 5.86. The summed E-state index contributed by atoms with van der Waals surface area (Å²) < 4.78 is 0. The maximum Gasteiger partial charge on any atom is 0.278 e. The summed E-state index contributed by atoms with van der Waals surface area (Å²) in [6.07, 6.45) is 0.984. The standard InChI is InChI=1S/C9H15N5O/c1-3-5-4-14(2)6-7(11-5)12-9(10)13-8(6)15/h5H,3-4H2,1-2H3,(H4,10,11,12,13,15). The quantitative estimate of drug-likeness (QED) is 0.605. The topological polar surface area (TPSA) is 87.0 Å². The average molecular weight is 209 g/mol. The molecule has 2 rings (SSSR count). The number of aromatic amines is 1. The van der Waals surface area contributed by atoms with Gasteiger partial charge in [0, 0.05) is 19.6 Å². The van der Waals surface area contributed by atoms with Gasteiger partial charge in [-0.25, -0.2) is 0 Å². The molecule has 15 heavy (non-hydrogen) atoms. The molecule has 6 nitrogen and oxygen atoms in total. The minimum atomic E-state index is -0.193. The largest absolute Gasteiger partial charge is 0.369 e. The van der Waals surface area contributed by atoms with Gasteiger partial charge in [0.05, 0.1) is 0 Å². The zero-order valence-corrected chi connectivity index (χ0v) is 8.87. The molecule has 1 atom stereocenters. The molecule has 0 spiro atoms. The highest BCUT2D eigenvalue weighted by molar-refractivity contribution is 5.68. The van der Waals surface area contributed by atoms with Crippen LogP contribution >= 0.6 is 0 Å². The van der Waals surface area contributed by atoms with E-state index < -0.39 is 0 Å². The Balaban J connectivity index is 2.50. The molecule has 6 heteroatoms. The predicted octanol–water partition coefficient (Wildman–Crippen LogP) is -0.00760. The van der Waals surface area contributed by atoms with Gasteiger partial charge in [0.25, 0.3) is 5.56 Å². The van der Waals surface area contributed by atoms with E-state index >= 15 is 0 Å². The Morgan fingerprint density at radius 1 is 1.67 bits per heavy atom. The fourth-order valence-electron chi connectivity index (χ4n) is 1.83. The molecule has 0 saturated carbocycles. The van der Waals surface area contributed by atoms with Gasteiger partial charge in [-0.3, -0.25) is 9.78 Å². The summed E-state index contributed by atoms with van der Waals surface area (Å²) in [6, 6.07) is 0.316. The number of hydrogen-bond acceptors (Lipinski definition) is 5. The molecule has 0 bridgehead atoms. The van der Waals surface area contributed by atoms with Crippen molar-refractivity contribution in [2.45, 2.75) is 19.4 Å². The highest BCUT2D eigenvalue weighted by Gasteiger charge is 2.24. The van der Waals surface area contributed by atoms with Crippen LogP contribution in [0.15, 0.2) is 4.79 Å². The Hall–Kier alpha value is -1.72. The van der Waals surface area contributed by atoms with E-state index in [1.54, 1.807) is 0 Å². The fraction of sp³-hybridized carbons (Fsp3) is 0.556. The molecule has 1 aromatic heterocycles. The molecule has 1 aromatic rings. The summed E-state index contributed by atoms with van der Waals surface area (Å²) in [6.45, 7) is 2.89.